The lowest BCUT2D eigenvalue weighted by Crippen LogP contribution is -2.43. The number of nitrogens with one attached hydrogen (secondary N) is 1. The minimum atomic E-state index is 0.222. The van der Waals surface area contributed by atoms with E-state index in [0.717, 1.165) is 12.0 Å². The Bertz CT molecular complexity index is 484. The molecule has 1 N–H and O–H groups in total. The van der Waals surface area contributed by atoms with Crippen molar-refractivity contribution in [1.82, 2.24) is 10.3 Å². The summed E-state index contributed by atoms with van der Waals surface area (Å²) in [4.78, 5) is 6.71. The minimum Gasteiger partial charge on any atom is -0.303 e. The number of hydrogen-bond acceptors (Lipinski definition) is 3. The van der Waals surface area contributed by atoms with Crippen LogP contribution >= 0.6 is 11.3 Å². The van der Waals surface area contributed by atoms with Crippen LogP contribution in [0.1, 0.15) is 80.3 Å². The average Bonchev–Trinajstić information content (AvgIpc) is 3.09. The van der Waals surface area contributed by atoms with Gasteiger partial charge in [0.2, 0.25) is 0 Å². The van der Waals surface area contributed by atoms with Gasteiger partial charge in [-0.05, 0) is 57.3 Å². The summed E-state index contributed by atoms with van der Waals surface area (Å²) < 4.78 is 0. The molecule has 2 nitrogen and oxygen atoms in total. The molecule has 2 saturated carbocycles. The van der Waals surface area contributed by atoms with E-state index in [1.165, 1.54) is 81.3 Å². The average molecular weight is 305 g/mol. The van der Waals surface area contributed by atoms with Crippen LogP contribution < -0.4 is 5.32 Å². The summed E-state index contributed by atoms with van der Waals surface area (Å²) >= 11 is 2.04. The second kappa shape index (κ2) is 5.66. The molecule has 0 radical (unpaired) electrons. The summed E-state index contributed by atoms with van der Waals surface area (Å²) in [5.74, 6) is 0.944. The minimum absolute atomic E-state index is 0.222. The maximum atomic E-state index is 5.12. The fourth-order valence-corrected chi connectivity index (χ4v) is 5.61. The first-order chi connectivity index (χ1) is 10.3. The molecule has 0 aliphatic heterocycles. The van der Waals surface area contributed by atoms with Crippen LogP contribution in [-0.4, -0.2) is 11.0 Å². The van der Waals surface area contributed by atoms with Crippen LogP contribution in [-0.2, 0) is 18.4 Å². The van der Waals surface area contributed by atoms with Gasteiger partial charge in [-0.15, -0.1) is 11.3 Å². The molecule has 1 aromatic heterocycles. The van der Waals surface area contributed by atoms with E-state index in [1.807, 2.05) is 11.3 Å². The highest BCUT2D eigenvalue weighted by Gasteiger charge is 2.41. The fraction of sp³-hybridized carbons (Fsp3) is 0.833. The lowest BCUT2D eigenvalue weighted by molar-refractivity contribution is 0.280. The summed E-state index contributed by atoms with van der Waals surface area (Å²) in [6.07, 6.45) is 14.8. The zero-order valence-corrected chi connectivity index (χ0v) is 14.1. The molecular formula is C18H28N2S. The van der Waals surface area contributed by atoms with Crippen LogP contribution in [0.2, 0.25) is 0 Å². The molecule has 3 aliphatic rings. The Kier molecular flexibility index (Phi) is 3.83. The Balaban J connectivity index is 1.62. The Morgan fingerprint density at radius 3 is 2.81 bits per heavy atom. The highest BCUT2D eigenvalue weighted by Crippen LogP contribution is 2.44. The molecule has 116 valence electrons. The molecular weight excluding hydrogens is 276 g/mol. The Hall–Kier alpha value is -0.410. The van der Waals surface area contributed by atoms with Crippen molar-refractivity contribution in [3.8, 4) is 0 Å². The first-order valence-corrected chi connectivity index (χ1v) is 9.87. The van der Waals surface area contributed by atoms with Gasteiger partial charge in [-0.25, -0.2) is 4.98 Å². The topological polar surface area (TPSA) is 24.9 Å². The van der Waals surface area contributed by atoms with E-state index < -0.39 is 0 Å². The molecule has 0 bridgehead atoms. The first-order valence-electron chi connectivity index (χ1n) is 9.06. The second-order valence-electron chi connectivity index (χ2n) is 7.45. The maximum absolute atomic E-state index is 5.12. The number of aryl methyl sites for hydroxylation is 2. The van der Waals surface area contributed by atoms with Crippen molar-refractivity contribution in [3.05, 3.63) is 15.6 Å². The molecule has 4 rings (SSSR count). The lowest BCUT2D eigenvalue weighted by Gasteiger charge is -2.32. The molecule has 1 heterocycles. The Morgan fingerprint density at radius 1 is 1.14 bits per heavy atom. The standard InChI is InChI=1S/C18H28N2S/c1-2-13-5-4-11-18(12-10-13,20-14-8-9-14)17-19-15-6-3-7-16(15)21-17/h13-14,20H,2-12H2,1H3. The smallest absolute Gasteiger partial charge is 0.113 e. The van der Waals surface area contributed by atoms with Crippen molar-refractivity contribution < 1.29 is 0 Å². The monoisotopic (exact) mass is 304 g/mol. The van der Waals surface area contributed by atoms with E-state index in [2.05, 4.69) is 12.2 Å². The summed E-state index contributed by atoms with van der Waals surface area (Å²) in [6.45, 7) is 2.36. The fourth-order valence-electron chi connectivity index (χ4n) is 4.25. The number of aromatic nitrogens is 1. The molecule has 0 spiro atoms. The Labute approximate surface area is 132 Å². The third-order valence-corrected chi connectivity index (χ3v) is 7.20. The zero-order valence-electron chi connectivity index (χ0n) is 13.3. The molecule has 21 heavy (non-hydrogen) atoms. The van der Waals surface area contributed by atoms with Crippen LogP contribution in [0.3, 0.4) is 0 Å². The van der Waals surface area contributed by atoms with Gasteiger partial charge in [-0.2, -0.15) is 0 Å². The molecule has 3 aliphatic carbocycles. The summed E-state index contributed by atoms with van der Waals surface area (Å²) in [5, 5.41) is 5.48. The largest absolute Gasteiger partial charge is 0.303 e. The molecule has 1 aromatic rings. The van der Waals surface area contributed by atoms with Gasteiger partial charge >= 0.3 is 0 Å². The van der Waals surface area contributed by atoms with Gasteiger partial charge in [0.1, 0.15) is 5.01 Å². The van der Waals surface area contributed by atoms with Gasteiger partial charge in [-0.3, -0.25) is 0 Å². The predicted octanol–water partition coefficient (Wildman–Crippen LogP) is 4.57. The van der Waals surface area contributed by atoms with Crippen LogP contribution in [0.4, 0.5) is 0 Å². The van der Waals surface area contributed by atoms with E-state index in [-0.39, 0.29) is 5.54 Å². The number of rotatable bonds is 4. The third kappa shape index (κ3) is 2.79. The van der Waals surface area contributed by atoms with E-state index in [1.54, 1.807) is 4.88 Å². The highest BCUT2D eigenvalue weighted by molar-refractivity contribution is 7.12. The Morgan fingerprint density at radius 2 is 2.05 bits per heavy atom. The molecule has 3 heteroatoms. The third-order valence-electron chi connectivity index (χ3n) is 5.84. The van der Waals surface area contributed by atoms with Crippen molar-refractivity contribution in [1.29, 1.82) is 0 Å². The lowest BCUT2D eigenvalue weighted by atomic mass is 9.89. The summed E-state index contributed by atoms with van der Waals surface area (Å²) in [7, 11) is 0. The molecule has 2 unspecified atom stereocenters. The zero-order chi connectivity index (χ0) is 14.3. The maximum Gasteiger partial charge on any atom is 0.113 e. The van der Waals surface area contributed by atoms with Gasteiger partial charge < -0.3 is 5.32 Å². The van der Waals surface area contributed by atoms with Gasteiger partial charge in [0.15, 0.2) is 0 Å². The summed E-state index contributed by atoms with van der Waals surface area (Å²) in [6, 6.07) is 0.780. The highest BCUT2D eigenvalue weighted by atomic mass is 32.1. The molecule has 2 fully saturated rings. The SMILES string of the molecule is CCC1CCCC(NC2CC2)(c2nc3c(s2)CCC3)CC1. The van der Waals surface area contributed by atoms with Crippen molar-refractivity contribution in [2.75, 3.05) is 0 Å². The summed E-state index contributed by atoms with van der Waals surface area (Å²) in [5.41, 5.74) is 1.66. The number of thiazole rings is 1. The first kappa shape index (κ1) is 14.2. The van der Waals surface area contributed by atoms with Crippen molar-refractivity contribution in [2.24, 2.45) is 5.92 Å². The van der Waals surface area contributed by atoms with Crippen LogP contribution in [0.5, 0.6) is 0 Å². The van der Waals surface area contributed by atoms with E-state index >= 15 is 0 Å². The number of fused-ring (bicyclic) bond motifs is 1. The van der Waals surface area contributed by atoms with Crippen LogP contribution in [0, 0.1) is 5.92 Å². The van der Waals surface area contributed by atoms with E-state index in [4.69, 9.17) is 4.98 Å². The van der Waals surface area contributed by atoms with Crippen molar-refractivity contribution in [2.45, 2.75) is 89.1 Å². The molecule has 0 aromatic carbocycles. The van der Waals surface area contributed by atoms with Gasteiger partial charge in [0.25, 0.3) is 0 Å². The molecule has 2 atom stereocenters. The van der Waals surface area contributed by atoms with Crippen molar-refractivity contribution in [3.63, 3.8) is 0 Å². The normalized spacial score (nSPS) is 32.9. The van der Waals surface area contributed by atoms with Crippen LogP contribution in [0.25, 0.3) is 0 Å². The molecule has 0 amide bonds. The predicted molar refractivity (Wildman–Crippen MR) is 88.8 cm³/mol. The molecule has 0 saturated heterocycles. The van der Waals surface area contributed by atoms with E-state index in [9.17, 15) is 0 Å². The van der Waals surface area contributed by atoms with Crippen molar-refractivity contribution >= 4 is 11.3 Å². The quantitative estimate of drug-likeness (QED) is 0.824. The van der Waals surface area contributed by atoms with Crippen LogP contribution in [0.15, 0.2) is 0 Å². The van der Waals surface area contributed by atoms with Gasteiger partial charge in [0, 0.05) is 10.9 Å². The van der Waals surface area contributed by atoms with E-state index in [0.29, 0.717) is 0 Å². The number of nitrogens with zero attached hydrogens (tertiary/aromatic N) is 1. The van der Waals surface area contributed by atoms with Gasteiger partial charge in [0.05, 0.1) is 11.2 Å². The second-order valence-corrected chi connectivity index (χ2v) is 8.53. The van der Waals surface area contributed by atoms with Gasteiger partial charge in [-0.1, -0.05) is 26.2 Å². The number of hydrogen-bond donors (Lipinski definition) is 1.